The van der Waals surface area contributed by atoms with Gasteiger partial charge in [0.15, 0.2) is 0 Å². The van der Waals surface area contributed by atoms with Gasteiger partial charge in [0.25, 0.3) is 0 Å². The van der Waals surface area contributed by atoms with Gasteiger partial charge in [-0.3, -0.25) is 4.79 Å². The van der Waals surface area contributed by atoms with Crippen LogP contribution in [0, 0.1) is 0 Å². The van der Waals surface area contributed by atoms with Crippen molar-refractivity contribution in [1.82, 2.24) is 10.2 Å². The number of phenols is 1. The molecule has 0 radical (unpaired) electrons. The zero-order valence-corrected chi connectivity index (χ0v) is 12.3. The van der Waals surface area contributed by atoms with Gasteiger partial charge in [-0.1, -0.05) is 26.0 Å². The van der Waals surface area contributed by atoms with E-state index >= 15 is 0 Å². The molecule has 2 N–H and O–H groups in total. The summed E-state index contributed by atoms with van der Waals surface area (Å²) < 4.78 is 0. The van der Waals surface area contributed by atoms with E-state index in [1.165, 1.54) is 0 Å². The first kappa shape index (κ1) is 14.9. The number of hydrogen-bond acceptors (Lipinski definition) is 3. The van der Waals surface area contributed by atoms with Crippen molar-refractivity contribution in [2.24, 2.45) is 0 Å². The van der Waals surface area contributed by atoms with Crippen LogP contribution in [0.25, 0.3) is 0 Å². The largest absolute Gasteiger partial charge is 0.508 e. The number of rotatable bonds is 4. The molecule has 1 heterocycles. The molecule has 1 fully saturated rings. The molecule has 1 saturated heterocycles. The van der Waals surface area contributed by atoms with E-state index in [2.05, 4.69) is 19.2 Å². The fourth-order valence-corrected chi connectivity index (χ4v) is 2.70. The third-order valence-electron chi connectivity index (χ3n) is 4.08. The van der Waals surface area contributed by atoms with Crippen molar-refractivity contribution in [3.8, 4) is 5.75 Å². The maximum absolute atomic E-state index is 12.5. The topological polar surface area (TPSA) is 52.6 Å². The van der Waals surface area contributed by atoms with E-state index in [4.69, 9.17) is 0 Å². The molecule has 1 aromatic rings. The highest BCUT2D eigenvalue weighted by Crippen LogP contribution is 2.16. The van der Waals surface area contributed by atoms with Crippen LogP contribution < -0.4 is 5.32 Å². The molecule has 2 atom stereocenters. The summed E-state index contributed by atoms with van der Waals surface area (Å²) in [4.78, 5) is 14.5. The molecular weight excluding hydrogens is 252 g/mol. The van der Waals surface area contributed by atoms with Crippen molar-refractivity contribution in [2.45, 2.75) is 45.2 Å². The molecule has 1 aromatic carbocycles. The van der Waals surface area contributed by atoms with Crippen molar-refractivity contribution < 1.29 is 9.90 Å². The minimum Gasteiger partial charge on any atom is -0.508 e. The molecule has 0 bridgehead atoms. The van der Waals surface area contributed by atoms with Crippen molar-refractivity contribution in [1.29, 1.82) is 0 Å². The molecule has 0 aromatic heterocycles. The second kappa shape index (κ2) is 6.75. The van der Waals surface area contributed by atoms with Crippen LogP contribution in [0.2, 0.25) is 0 Å². The minimum absolute atomic E-state index is 0.183. The Hall–Kier alpha value is -1.55. The van der Waals surface area contributed by atoms with E-state index in [0.29, 0.717) is 18.5 Å². The van der Waals surface area contributed by atoms with Crippen molar-refractivity contribution in [3.05, 3.63) is 29.8 Å². The van der Waals surface area contributed by atoms with Crippen LogP contribution in [-0.4, -0.2) is 41.1 Å². The van der Waals surface area contributed by atoms with Crippen LogP contribution in [0.15, 0.2) is 24.3 Å². The predicted octanol–water partition coefficient (Wildman–Crippen LogP) is 1.92. The zero-order chi connectivity index (χ0) is 14.5. The molecule has 4 nitrogen and oxygen atoms in total. The first-order chi connectivity index (χ1) is 9.63. The standard InChI is InChI=1S/C16H24N2O2/c1-3-13-11-18(14(4-2)10-17-13)16(20)9-12-5-7-15(19)8-6-12/h5-8,13-14,17,19H,3-4,9-11H2,1-2H3. The number of nitrogens with zero attached hydrogens (tertiary/aromatic N) is 1. The third-order valence-corrected chi connectivity index (χ3v) is 4.08. The van der Waals surface area contributed by atoms with E-state index in [9.17, 15) is 9.90 Å². The number of hydrogen-bond donors (Lipinski definition) is 2. The molecule has 20 heavy (non-hydrogen) atoms. The number of carbonyl (C=O) groups is 1. The first-order valence-corrected chi connectivity index (χ1v) is 7.44. The fourth-order valence-electron chi connectivity index (χ4n) is 2.70. The van der Waals surface area contributed by atoms with Gasteiger partial charge in [0.2, 0.25) is 5.91 Å². The summed E-state index contributed by atoms with van der Waals surface area (Å²) in [5, 5.41) is 12.8. The Morgan fingerprint density at radius 3 is 2.60 bits per heavy atom. The van der Waals surface area contributed by atoms with Gasteiger partial charge in [0.1, 0.15) is 5.75 Å². The Morgan fingerprint density at radius 1 is 1.30 bits per heavy atom. The summed E-state index contributed by atoms with van der Waals surface area (Å²) in [7, 11) is 0. The number of aromatic hydroxyl groups is 1. The van der Waals surface area contributed by atoms with Gasteiger partial charge in [-0.15, -0.1) is 0 Å². The quantitative estimate of drug-likeness (QED) is 0.883. The Labute approximate surface area is 120 Å². The van der Waals surface area contributed by atoms with Crippen LogP contribution in [0.4, 0.5) is 0 Å². The number of amides is 1. The Balaban J connectivity index is 2.03. The highest BCUT2D eigenvalue weighted by molar-refractivity contribution is 5.79. The van der Waals surface area contributed by atoms with E-state index in [1.807, 2.05) is 17.0 Å². The van der Waals surface area contributed by atoms with Gasteiger partial charge in [-0.05, 0) is 30.5 Å². The van der Waals surface area contributed by atoms with Gasteiger partial charge in [-0.2, -0.15) is 0 Å². The number of nitrogens with one attached hydrogen (secondary N) is 1. The molecule has 2 unspecified atom stereocenters. The van der Waals surface area contributed by atoms with Gasteiger partial charge >= 0.3 is 0 Å². The SMILES string of the molecule is CCC1CN(C(=O)Cc2ccc(O)cc2)C(CC)CN1. The molecule has 1 amide bonds. The van der Waals surface area contributed by atoms with E-state index in [-0.39, 0.29) is 11.7 Å². The summed E-state index contributed by atoms with van der Waals surface area (Å²) in [6, 6.07) is 7.59. The summed E-state index contributed by atoms with van der Waals surface area (Å²) in [5.74, 6) is 0.420. The average Bonchev–Trinajstić information content (AvgIpc) is 2.48. The third kappa shape index (κ3) is 3.51. The first-order valence-electron chi connectivity index (χ1n) is 7.44. The van der Waals surface area contributed by atoms with Crippen molar-refractivity contribution in [3.63, 3.8) is 0 Å². The lowest BCUT2D eigenvalue weighted by atomic mass is 10.0. The molecule has 0 aliphatic carbocycles. The average molecular weight is 276 g/mol. The lowest BCUT2D eigenvalue weighted by Gasteiger charge is -2.40. The van der Waals surface area contributed by atoms with Crippen molar-refractivity contribution in [2.75, 3.05) is 13.1 Å². The Kier molecular flexibility index (Phi) is 5.01. The van der Waals surface area contributed by atoms with Gasteiger partial charge < -0.3 is 15.3 Å². The van der Waals surface area contributed by atoms with E-state index in [1.54, 1.807) is 12.1 Å². The molecule has 1 aliphatic heterocycles. The second-order valence-electron chi connectivity index (χ2n) is 5.46. The zero-order valence-electron chi connectivity index (χ0n) is 12.3. The van der Waals surface area contributed by atoms with Crippen LogP contribution >= 0.6 is 0 Å². The number of phenolic OH excluding ortho intramolecular Hbond substituents is 1. The lowest BCUT2D eigenvalue weighted by Crippen LogP contribution is -2.58. The molecule has 0 saturated carbocycles. The summed E-state index contributed by atoms with van der Waals surface area (Å²) in [6.45, 7) is 5.95. The lowest BCUT2D eigenvalue weighted by molar-refractivity contribution is -0.134. The maximum Gasteiger partial charge on any atom is 0.227 e. The molecule has 4 heteroatoms. The molecule has 0 spiro atoms. The highest BCUT2D eigenvalue weighted by Gasteiger charge is 2.29. The molecular formula is C16H24N2O2. The van der Waals surface area contributed by atoms with Gasteiger partial charge in [0, 0.05) is 25.2 Å². The summed E-state index contributed by atoms with van der Waals surface area (Å²) in [5.41, 5.74) is 0.953. The monoisotopic (exact) mass is 276 g/mol. The fraction of sp³-hybridized carbons (Fsp3) is 0.562. The highest BCUT2D eigenvalue weighted by atomic mass is 16.3. The van der Waals surface area contributed by atoms with E-state index < -0.39 is 0 Å². The van der Waals surface area contributed by atoms with Crippen molar-refractivity contribution >= 4 is 5.91 Å². The number of carbonyl (C=O) groups excluding carboxylic acids is 1. The van der Waals surface area contributed by atoms with Gasteiger partial charge in [-0.25, -0.2) is 0 Å². The summed E-state index contributed by atoms with van der Waals surface area (Å²) in [6.07, 6.45) is 2.43. The number of benzene rings is 1. The second-order valence-corrected chi connectivity index (χ2v) is 5.46. The Morgan fingerprint density at radius 2 is 2.00 bits per heavy atom. The number of piperazine rings is 1. The normalized spacial score (nSPS) is 22.8. The Bertz CT molecular complexity index is 444. The predicted molar refractivity (Wildman–Crippen MR) is 79.7 cm³/mol. The smallest absolute Gasteiger partial charge is 0.227 e. The molecule has 110 valence electrons. The molecule has 1 aliphatic rings. The van der Waals surface area contributed by atoms with Gasteiger partial charge in [0.05, 0.1) is 6.42 Å². The van der Waals surface area contributed by atoms with Crippen LogP contribution in [0.3, 0.4) is 0 Å². The van der Waals surface area contributed by atoms with Crippen LogP contribution in [0.1, 0.15) is 32.3 Å². The maximum atomic E-state index is 12.5. The molecule has 2 rings (SSSR count). The minimum atomic E-state index is 0.183. The van der Waals surface area contributed by atoms with Crippen LogP contribution in [0.5, 0.6) is 5.75 Å². The van der Waals surface area contributed by atoms with Crippen LogP contribution in [-0.2, 0) is 11.2 Å². The van der Waals surface area contributed by atoms with E-state index in [0.717, 1.165) is 31.5 Å². The summed E-state index contributed by atoms with van der Waals surface area (Å²) >= 11 is 0.